The van der Waals surface area contributed by atoms with Gasteiger partial charge in [0.2, 0.25) is 11.8 Å². The van der Waals surface area contributed by atoms with Crippen LogP contribution in [0.1, 0.15) is 48.1 Å². The molecule has 2 fully saturated rings. The van der Waals surface area contributed by atoms with E-state index in [2.05, 4.69) is 5.32 Å². The van der Waals surface area contributed by atoms with Crippen molar-refractivity contribution in [3.05, 3.63) is 65.7 Å². The Kier molecular flexibility index (Phi) is 6.96. The maximum Gasteiger partial charge on any atom is 0.251 e. The molecule has 3 amide bonds. The van der Waals surface area contributed by atoms with Crippen molar-refractivity contribution in [3.8, 4) is 5.75 Å². The van der Waals surface area contributed by atoms with Crippen molar-refractivity contribution in [1.29, 1.82) is 0 Å². The SMILES string of the molecule is COc1cccc(C(=O)NC2CCN(C(=O)C3CC(=O)N(C(C)c4ccccc4)C3)CC2)c1. The third-order valence-electron chi connectivity index (χ3n) is 6.73. The van der Waals surface area contributed by atoms with Crippen LogP contribution in [0.25, 0.3) is 0 Å². The molecule has 0 bridgehead atoms. The smallest absolute Gasteiger partial charge is 0.251 e. The summed E-state index contributed by atoms with van der Waals surface area (Å²) in [5, 5.41) is 3.07. The Morgan fingerprint density at radius 3 is 2.48 bits per heavy atom. The predicted molar refractivity (Wildman–Crippen MR) is 125 cm³/mol. The number of hydrogen-bond acceptors (Lipinski definition) is 4. The molecule has 2 heterocycles. The van der Waals surface area contributed by atoms with E-state index in [0.29, 0.717) is 43.8 Å². The lowest BCUT2D eigenvalue weighted by Crippen LogP contribution is -2.48. The molecule has 33 heavy (non-hydrogen) atoms. The molecule has 0 aliphatic carbocycles. The first kappa shape index (κ1) is 22.8. The number of carbonyl (C=O) groups is 3. The minimum Gasteiger partial charge on any atom is -0.497 e. The number of rotatable bonds is 6. The zero-order valence-corrected chi connectivity index (χ0v) is 19.2. The van der Waals surface area contributed by atoms with E-state index >= 15 is 0 Å². The lowest BCUT2D eigenvalue weighted by Gasteiger charge is -2.34. The van der Waals surface area contributed by atoms with Gasteiger partial charge in [-0.05, 0) is 43.5 Å². The highest BCUT2D eigenvalue weighted by Gasteiger charge is 2.39. The number of piperidine rings is 1. The molecule has 7 nitrogen and oxygen atoms in total. The average molecular weight is 450 g/mol. The van der Waals surface area contributed by atoms with Gasteiger partial charge >= 0.3 is 0 Å². The quantitative estimate of drug-likeness (QED) is 0.735. The fourth-order valence-electron chi connectivity index (χ4n) is 4.72. The van der Waals surface area contributed by atoms with Gasteiger partial charge in [0.1, 0.15) is 5.75 Å². The van der Waals surface area contributed by atoms with Gasteiger partial charge < -0.3 is 19.9 Å². The first-order valence-electron chi connectivity index (χ1n) is 11.5. The summed E-state index contributed by atoms with van der Waals surface area (Å²) in [7, 11) is 1.57. The van der Waals surface area contributed by atoms with Crippen LogP contribution in [0.2, 0.25) is 0 Å². The molecule has 0 saturated carbocycles. The maximum absolute atomic E-state index is 13.1. The van der Waals surface area contributed by atoms with Crippen LogP contribution in [-0.2, 0) is 9.59 Å². The van der Waals surface area contributed by atoms with Crippen LogP contribution in [0.15, 0.2) is 54.6 Å². The summed E-state index contributed by atoms with van der Waals surface area (Å²) in [5.74, 6) is 0.288. The van der Waals surface area contributed by atoms with Crippen molar-refractivity contribution in [2.45, 2.75) is 38.3 Å². The summed E-state index contributed by atoms with van der Waals surface area (Å²) in [6.45, 7) is 3.64. The highest BCUT2D eigenvalue weighted by molar-refractivity contribution is 5.94. The van der Waals surface area contributed by atoms with Gasteiger partial charge in [0.15, 0.2) is 0 Å². The number of amides is 3. The molecule has 2 atom stereocenters. The third-order valence-corrected chi connectivity index (χ3v) is 6.73. The van der Waals surface area contributed by atoms with Crippen LogP contribution in [0.5, 0.6) is 5.75 Å². The molecule has 2 aliphatic rings. The second-order valence-corrected chi connectivity index (χ2v) is 8.84. The summed E-state index contributed by atoms with van der Waals surface area (Å²) in [6.07, 6.45) is 1.67. The molecule has 4 rings (SSSR count). The predicted octanol–water partition coefficient (Wildman–Crippen LogP) is 3.03. The zero-order valence-electron chi connectivity index (χ0n) is 19.2. The number of ether oxygens (including phenoxy) is 1. The first-order valence-corrected chi connectivity index (χ1v) is 11.5. The van der Waals surface area contributed by atoms with Crippen LogP contribution in [-0.4, -0.2) is 60.3 Å². The number of nitrogens with zero attached hydrogens (tertiary/aromatic N) is 2. The van der Waals surface area contributed by atoms with Crippen LogP contribution in [0.3, 0.4) is 0 Å². The normalized spacial score (nSPS) is 19.9. The number of benzene rings is 2. The standard InChI is InChI=1S/C26H31N3O4/c1-18(19-7-4-3-5-8-19)29-17-21(16-24(29)30)26(32)28-13-11-22(12-14-28)27-25(31)20-9-6-10-23(15-20)33-2/h3-10,15,18,21-22H,11-14,16-17H2,1-2H3,(H,27,31). The van der Waals surface area contributed by atoms with E-state index < -0.39 is 0 Å². The molecule has 0 aromatic heterocycles. The number of likely N-dealkylation sites (tertiary alicyclic amines) is 2. The fourth-order valence-corrected chi connectivity index (χ4v) is 4.72. The topological polar surface area (TPSA) is 79.0 Å². The van der Waals surface area contributed by atoms with Gasteiger partial charge in [0, 0.05) is 37.7 Å². The van der Waals surface area contributed by atoms with Crippen LogP contribution >= 0.6 is 0 Å². The molecular weight excluding hydrogens is 418 g/mol. The Labute approximate surface area is 194 Å². The van der Waals surface area contributed by atoms with Gasteiger partial charge in [-0.1, -0.05) is 36.4 Å². The molecule has 2 aromatic carbocycles. The van der Waals surface area contributed by atoms with Crippen LogP contribution in [0.4, 0.5) is 0 Å². The molecule has 0 radical (unpaired) electrons. The first-order chi connectivity index (χ1) is 16.0. The van der Waals surface area contributed by atoms with Crippen LogP contribution < -0.4 is 10.1 Å². The van der Waals surface area contributed by atoms with Gasteiger partial charge in [-0.25, -0.2) is 0 Å². The van der Waals surface area contributed by atoms with Crippen molar-refractivity contribution >= 4 is 17.7 Å². The van der Waals surface area contributed by atoms with Crippen molar-refractivity contribution in [3.63, 3.8) is 0 Å². The highest BCUT2D eigenvalue weighted by atomic mass is 16.5. The minimum atomic E-state index is -0.299. The van der Waals surface area contributed by atoms with E-state index in [4.69, 9.17) is 4.74 Å². The molecule has 0 spiro atoms. The molecule has 2 unspecified atom stereocenters. The van der Waals surface area contributed by atoms with E-state index in [-0.39, 0.29) is 42.1 Å². The molecule has 2 saturated heterocycles. The Morgan fingerprint density at radius 2 is 1.79 bits per heavy atom. The lowest BCUT2D eigenvalue weighted by molar-refractivity contribution is -0.136. The summed E-state index contributed by atoms with van der Waals surface area (Å²) >= 11 is 0. The molecule has 174 valence electrons. The average Bonchev–Trinajstić information content (AvgIpc) is 3.25. The van der Waals surface area contributed by atoms with Crippen LogP contribution in [0, 0.1) is 5.92 Å². The van der Waals surface area contributed by atoms with Gasteiger partial charge in [0.25, 0.3) is 5.91 Å². The van der Waals surface area contributed by atoms with Gasteiger partial charge in [0.05, 0.1) is 19.1 Å². The maximum atomic E-state index is 13.1. The lowest BCUT2D eigenvalue weighted by atomic mass is 10.0. The van der Waals surface area contributed by atoms with E-state index in [0.717, 1.165) is 5.56 Å². The number of nitrogens with one attached hydrogen (secondary N) is 1. The Morgan fingerprint density at radius 1 is 1.06 bits per heavy atom. The molecular formula is C26H31N3O4. The van der Waals surface area contributed by atoms with Crippen molar-refractivity contribution in [1.82, 2.24) is 15.1 Å². The van der Waals surface area contributed by atoms with Crippen molar-refractivity contribution in [2.75, 3.05) is 26.7 Å². The largest absolute Gasteiger partial charge is 0.497 e. The number of hydrogen-bond donors (Lipinski definition) is 1. The Bertz CT molecular complexity index is 1000. The molecule has 2 aliphatic heterocycles. The third kappa shape index (κ3) is 5.18. The second kappa shape index (κ2) is 10.1. The second-order valence-electron chi connectivity index (χ2n) is 8.84. The summed E-state index contributed by atoms with van der Waals surface area (Å²) in [6, 6.07) is 17.0. The molecule has 1 N–H and O–H groups in total. The zero-order chi connectivity index (χ0) is 23.4. The van der Waals surface area contributed by atoms with E-state index in [9.17, 15) is 14.4 Å². The summed E-state index contributed by atoms with van der Waals surface area (Å²) < 4.78 is 5.19. The summed E-state index contributed by atoms with van der Waals surface area (Å²) in [5.41, 5.74) is 1.64. The van der Waals surface area contributed by atoms with Gasteiger partial charge in [-0.2, -0.15) is 0 Å². The fraction of sp³-hybridized carbons (Fsp3) is 0.423. The van der Waals surface area contributed by atoms with Gasteiger partial charge in [-0.15, -0.1) is 0 Å². The number of methoxy groups -OCH3 is 1. The van der Waals surface area contributed by atoms with E-state index in [1.54, 1.807) is 31.4 Å². The highest BCUT2D eigenvalue weighted by Crippen LogP contribution is 2.30. The molecule has 2 aromatic rings. The Hall–Kier alpha value is -3.35. The van der Waals surface area contributed by atoms with Crippen molar-refractivity contribution in [2.24, 2.45) is 5.92 Å². The minimum absolute atomic E-state index is 0.0209. The Balaban J connectivity index is 1.28. The van der Waals surface area contributed by atoms with E-state index in [1.807, 2.05) is 47.1 Å². The summed E-state index contributed by atoms with van der Waals surface area (Å²) in [4.78, 5) is 42.0. The van der Waals surface area contributed by atoms with E-state index in [1.165, 1.54) is 0 Å². The number of carbonyl (C=O) groups excluding carboxylic acids is 3. The monoisotopic (exact) mass is 449 g/mol. The van der Waals surface area contributed by atoms with Crippen molar-refractivity contribution < 1.29 is 19.1 Å². The molecule has 7 heteroatoms. The van der Waals surface area contributed by atoms with Gasteiger partial charge in [-0.3, -0.25) is 14.4 Å².